The number of nitrogens with one attached hydrogen (secondary N) is 1. The molecule has 3 rings (SSSR count). The van der Waals surface area contributed by atoms with E-state index in [9.17, 15) is 4.79 Å². The molecule has 1 aromatic heterocycles. The molecule has 2 atom stereocenters. The highest BCUT2D eigenvalue weighted by Crippen LogP contribution is 2.33. The highest BCUT2D eigenvalue weighted by molar-refractivity contribution is 5.78. The first kappa shape index (κ1) is 14.8. The summed E-state index contributed by atoms with van der Waals surface area (Å²) in [6.45, 7) is 1.40. The lowest BCUT2D eigenvalue weighted by molar-refractivity contribution is -0.120. The third kappa shape index (κ3) is 3.54. The van der Waals surface area contributed by atoms with Crippen LogP contribution in [-0.4, -0.2) is 28.8 Å². The third-order valence-electron chi connectivity index (χ3n) is 4.03. The van der Waals surface area contributed by atoms with E-state index in [1.54, 1.807) is 10.9 Å². The van der Waals surface area contributed by atoms with Crippen molar-refractivity contribution in [2.24, 2.45) is 13.0 Å². The van der Waals surface area contributed by atoms with Crippen molar-refractivity contribution in [2.45, 2.75) is 18.9 Å². The summed E-state index contributed by atoms with van der Waals surface area (Å²) in [4.78, 5) is 12.0. The molecule has 0 unspecified atom stereocenters. The largest absolute Gasteiger partial charge is 0.373 e. The predicted octanol–water partition coefficient (Wildman–Crippen LogP) is 1.86. The van der Waals surface area contributed by atoms with Crippen molar-refractivity contribution in [3.05, 3.63) is 53.9 Å². The minimum Gasteiger partial charge on any atom is -0.373 e. The zero-order valence-corrected chi connectivity index (χ0v) is 12.7. The molecule has 0 radical (unpaired) electrons. The van der Waals surface area contributed by atoms with E-state index < -0.39 is 0 Å². The molecule has 1 fully saturated rings. The molecule has 1 aliphatic rings. The normalized spacial score (nSPS) is 21.0. The minimum atomic E-state index is 0.0340. The Hall–Kier alpha value is -2.14. The maximum atomic E-state index is 12.0. The fourth-order valence-electron chi connectivity index (χ4n) is 2.91. The highest BCUT2D eigenvalue weighted by atomic mass is 16.5. The maximum absolute atomic E-state index is 12.0. The second-order valence-electron chi connectivity index (χ2n) is 5.75. The van der Waals surface area contributed by atoms with Crippen LogP contribution in [0, 0.1) is 5.92 Å². The van der Waals surface area contributed by atoms with Crippen LogP contribution >= 0.6 is 0 Å². The van der Waals surface area contributed by atoms with Crippen LogP contribution in [0.25, 0.3) is 0 Å². The molecule has 0 saturated carbocycles. The van der Waals surface area contributed by atoms with Gasteiger partial charge in [0.25, 0.3) is 0 Å². The Kier molecular flexibility index (Phi) is 4.53. The third-order valence-corrected chi connectivity index (χ3v) is 4.03. The Morgan fingerprint density at radius 3 is 2.95 bits per heavy atom. The molecule has 2 heterocycles. The fourth-order valence-corrected chi connectivity index (χ4v) is 2.91. The van der Waals surface area contributed by atoms with Gasteiger partial charge in [0.1, 0.15) is 0 Å². The van der Waals surface area contributed by atoms with Crippen molar-refractivity contribution in [3.63, 3.8) is 0 Å². The zero-order chi connectivity index (χ0) is 15.4. The molecule has 1 aliphatic heterocycles. The molecule has 1 saturated heterocycles. The Labute approximate surface area is 130 Å². The molecule has 0 spiro atoms. The topological polar surface area (TPSA) is 56.2 Å². The second-order valence-corrected chi connectivity index (χ2v) is 5.75. The van der Waals surface area contributed by atoms with Crippen LogP contribution in [0.2, 0.25) is 0 Å². The Morgan fingerprint density at radius 2 is 2.23 bits per heavy atom. The van der Waals surface area contributed by atoms with E-state index in [2.05, 4.69) is 22.5 Å². The average molecular weight is 299 g/mol. The van der Waals surface area contributed by atoms with Gasteiger partial charge >= 0.3 is 0 Å². The van der Waals surface area contributed by atoms with Crippen molar-refractivity contribution in [1.82, 2.24) is 15.1 Å². The summed E-state index contributed by atoms with van der Waals surface area (Å²) in [6, 6.07) is 10.2. The number of benzene rings is 1. The number of amides is 1. The predicted molar refractivity (Wildman–Crippen MR) is 83.2 cm³/mol. The number of carbonyl (C=O) groups excluding carboxylic acids is 1. The zero-order valence-electron chi connectivity index (χ0n) is 12.7. The van der Waals surface area contributed by atoms with Crippen LogP contribution < -0.4 is 5.32 Å². The molecule has 0 aliphatic carbocycles. The van der Waals surface area contributed by atoms with Crippen molar-refractivity contribution in [3.8, 4) is 0 Å². The summed E-state index contributed by atoms with van der Waals surface area (Å²) in [6.07, 6.45) is 5.03. The molecule has 1 N–H and O–H groups in total. The van der Waals surface area contributed by atoms with Gasteiger partial charge in [0, 0.05) is 32.3 Å². The van der Waals surface area contributed by atoms with Crippen LogP contribution in [0.1, 0.15) is 23.7 Å². The first-order chi connectivity index (χ1) is 10.7. The van der Waals surface area contributed by atoms with E-state index in [4.69, 9.17) is 4.74 Å². The van der Waals surface area contributed by atoms with Gasteiger partial charge < -0.3 is 10.1 Å². The van der Waals surface area contributed by atoms with Gasteiger partial charge in [-0.1, -0.05) is 30.3 Å². The van der Waals surface area contributed by atoms with Gasteiger partial charge in [0.15, 0.2) is 0 Å². The van der Waals surface area contributed by atoms with Crippen LogP contribution in [0.4, 0.5) is 0 Å². The number of aromatic nitrogens is 2. The monoisotopic (exact) mass is 299 g/mol. The number of hydrogen-bond donors (Lipinski definition) is 1. The van der Waals surface area contributed by atoms with E-state index in [0.717, 1.165) is 18.6 Å². The van der Waals surface area contributed by atoms with Crippen LogP contribution in [0.15, 0.2) is 42.7 Å². The second kappa shape index (κ2) is 6.75. The summed E-state index contributed by atoms with van der Waals surface area (Å²) in [5.41, 5.74) is 2.12. The highest BCUT2D eigenvalue weighted by Gasteiger charge is 2.29. The fraction of sp³-hybridized carbons (Fsp3) is 0.412. The van der Waals surface area contributed by atoms with Gasteiger partial charge in [-0.15, -0.1) is 0 Å². The standard InChI is InChI=1S/C17H21N3O2/c1-20-12-13(10-19-20)9-16(21)18-11-15-7-8-22-17(15)14-5-3-2-4-6-14/h2-6,10,12,15,17H,7-9,11H2,1H3,(H,18,21)/t15-,17-/m0/s1. The average Bonchev–Trinajstić information content (AvgIpc) is 3.15. The van der Waals surface area contributed by atoms with E-state index in [0.29, 0.717) is 18.9 Å². The molecule has 22 heavy (non-hydrogen) atoms. The van der Waals surface area contributed by atoms with Gasteiger partial charge in [0.2, 0.25) is 5.91 Å². The number of ether oxygens (including phenoxy) is 1. The molecule has 1 aromatic carbocycles. The summed E-state index contributed by atoms with van der Waals surface area (Å²) in [7, 11) is 1.85. The lowest BCUT2D eigenvalue weighted by atomic mass is 9.95. The van der Waals surface area contributed by atoms with Crippen molar-refractivity contribution < 1.29 is 9.53 Å². The quantitative estimate of drug-likeness (QED) is 0.917. The van der Waals surface area contributed by atoms with E-state index in [1.165, 1.54) is 5.56 Å². The van der Waals surface area contributed by atoms with Gasteiger partial charge in [-0.3, -0.25) is 9.48 Å². The number of rotatable bonds is 5. The lowest BCUT2D eigenvalue weighted by Gasteiger charge is -2.19. The van der Waals surface area contributed by atoms with Crippen LogP contribution in [0.5, 0.6) is 0 Å². The summed E-state index contributed by atoms with van der Waals surface area (Å²) in [5, 5.41) is 7.10. The molecular formula is C17H21N3O2. The lowest BCUT2D eigenvalue weighted by Crippen LogP contribution is -2.31. The summed E-state index contributed by atoms with van der Waals surface area (Å²) >= 11 is 0. The molecule has 0 bridgehead atoms. The molecule has 5 nitrogen and oxygen atoms in total. The Bertz CT molecular complexity index is 624. The smallest absolute Gasteiger partial charge is 0.224 e. The molecule has 2 aromatic rings. The minimum absolute atomic E-state index is 0.0340. The van der Waals surface area contributed by atoms with E-state index in [-0.39, 0.29) is 12.0 Å². The van der Waals surface area contributed by atoms with Gasteiger partial charge in [-0.05, 0) is 17.5 Å². The van der Waals surface area contributed by atoms with Gasteiger partial charge in [0.05, 0.1) is 18.7 Å². The van der Waals surface area contributed by atoms with E-state index >= 15 is 0 Å². The van der Waals surface area contributed by atoms with Crippen LogP contribution in [0.3, 0.4) is 0 Å². The van der Waals surface area contributed by atoms with Gasteiger partial charge in [-0.2, -0.15) is 5.10 Å². The summed E-state index contributed by atoms with van der Waals surface area (Å²) in [5.74, 6) is 0.368. The maximum Gasteiger partial charge on any atom is 0.224 e. The molecular weight excluding hydrogens is 278 g/mol. The van der Waals surface area contributed by atoms with Crippen LogP contribution in [-0.2, 0) is 23.0 Å². The Balaban J connectivity index is 1.53. The van der Waals surface area contributed by atoms with E-state index in [1.807, 2.05) is 31.4 Å². The number of aryl methyl sites for hydroxylation is 1. The van der Waals surface area contributed by atoms with Crippen molar-refractivity contribution >= 4 is 5.91 Å². The first-order valence-electron chi connectivity index (χ1n) is 7.63. The molecule has 5 heteroatoms. The van der Waals surface area contributed by atoms with Gasteiger partial charge in [-0.25, -0.2) is 0 Å². The Morgan fingerprint density at radius 1 is 1.41 bits per heavy atom. The summed E-state index contributed by atoms with van der Waals surface area (Å²) < 4.78 is 7.55. The van der Waals surface area contributed by atoms with Crippen molar-refractivity contribution in [2.75, 3.05) is 13.2 Å². The number of hydrogen-bond acceptors (Lipinski definition) is 3. The van der Waals surface area contributed by atoms with Crippen molar-refractivity contribution in [1.29, 1.82) is 0 Å². The molecule has 1 amide bonds. The molecule has 116 valence electrons. The SMILES string of the molecule is Cn1cc(CC(=O)NC[C@@H]2CCO[C@H]2c2ccccc2)cn1. The number of carbonyl (C=O) groups is 1. The first-order valence-corrected chi connectivity index (χ1v) is 7.63. The number of nitrogens with zero attached hydrogens (tertiary/aromatic N) is 2.